The summed E-state index contributed by atoms with van der Waals surface area (Å²) < 4.78 is 26.0. The Morgan fingerprint density at radius 1 is 1.33 bits per heavy atom. The van der Waals surface area contributed by atoms with Crippen molar-refractivity contribution in [2.75, 3.05) is 5.32 Å². The molecule has 0 saturated heterocycles. The van der Waals surface area contributed by atoms with Crippen molar-refractivity contribution in [1.82, 2.24) is 15.5 Å². The van der Waals surface area contributed by atoms with Crippen molar-refractivity contribution in [2.24, 2.45) is 0 Å². The van der Waals surface area contributed by atoms with Crippen LogP contribution < -0.4 is 10.6 Å². The van der Waals surface area contributed by atoms with Crippen LogP contribution in [0.2, 0.25) is 0 Å². The molecule has 1 unspecified atom stereocenters. The lowest BCUT2D eigenvalue weighted by Crippen LogP contribution is -2.23. The first-order chi connectivity index (χ1) is 12.9. The van der Waals surface area contributed by atoms with Gasteiger partial charge >= 0.3 is 0 Å². The SMILES string of the molecule is Cc1cccc(S(=O)(=O)C2NCc3c(NC(=O)Cc4cccs4)n[nH]c32)c1. The topological polar surface area (TPSA) is 104 Å². The molecular formula is C18H18N4O3S2. The van der Waals surface area contributed by atoms with Crippen LogP contribution in [0, 0.1) is 6.92 Å². The Balaban J connectivity index is 1.56. The molecule has 0 saturated carbocycles. The molecular weight excluding hydrogens is 384 g/mol. The molecule has 3 aromatic rings. The molecule has 2 aromatic heterocycles. The van der Waals surface area contributed by atoms with Gasteiger partial charge in [-0.2, -0.15) is 5.10 Å². The number of benzene rings is 1. The molecule has 4 rings (SSSR count). The molecule has 1 aliphatic rings. The number of aromatic nitrogens is 2. The van der Waals surface area contributed by atoms with Crippen molar-refractivity contribution in [1.29, 1.82) is 0 Å². The van der Waals surface area contributed by atoms with Crippen LogP contribution in [0.15, 0.2) is 46.7 Å². The molecule has 0 fully saturated rings. The minimum absolute atomic E-state index is 0.184. The summed E-state index contributed by atoms with van der Waals surface area (Å²) in [6.07, 6.45) is 0.262. The molecule has 7 nitrogen and oxygen atoms in total. The number of nitrogens with one attached hydrogen (secondary N) is 3. The second-order valence-corrected chi connectivity index (χ2v) is 9.46. The van der Waals surface area contributed by atoms with Gasteiger partial charge in [-0.25, -0.2) is 8.42 Å². The third-order valence-corrected chi connectivity index (χ3v) is 7.24. The Kier molecular flexibility index (Phi) is 4.58. The second kappa shape index (κ2) is 6.91. The molecule has 1 atom stereocenters. The maximum Gasteiger partial charge on any atom is 0.230 e. The first kappa shape index (κ1) is 17.9. The molecule has 9 heteroatoms. The highest BCUT2D eigenvalue weighted by Crippen LogP contribution is 2.35. The normalized spacial score (nSPS) is 16.3. The quantitative estimate of drug-likeness (QED) is 0.608. The van der Waals surface area contributed by atoms with Gasteiger partial charge in [-0.1, -0.05) is 18.2 Å². The van der Waals surface area contributed by atoms with Gasteiger partial charge in [0.15, 0.2) is 21.0 Å². The van der Waals surface area contributed by atoms with E-state index in [-0.39, 0.29) is 17.2 Å². The van der Waals surface area contributed by atoms with Crippen LogP contribution in [0.5, 0.6) is 0 Å². The van der Waals surface area contributed by atoms with Crippen LogP contribution >= 0.6 is 11.3 Å². The van der Waals surface area contributed by atoms with Gasteiger partial charge in [0.1, 0.15) is 0 Å². The van der Waals surface area contributed by atoms with Gasteiger partial charge in [0.05, 0.1) is 17.0 Å². The third-order valence-electron chi connectivity index (χ3n) is 4.43. The molecule has 140 valence electrons. The molecule has 0 bridgehead atoms. The lowest BCUT2D eigenvalue weighted by atomic mass is 10.2. The molecule has 1 aliphatic heterocycles. The standard InChI is InChI=1S/C18H18N4O3S2/c1-11-4-2-6-13(8-11)27(24,25)18-16-14(10-19-18)17(22-21-16)20-15(23)9-12-5-3-7-26-12/h2-8,18-19H,9-10H2,1H3,(H2,20,21,22,23). The summed E-state index contributed by atoms with van der Waals surface area (Å²) >= 11 is 1.51. The number of hydrogen-bond donors (Lipinski definition) is 3. The van der Waals surface area contributed by atoms with Crippen molar-refractivity contribution in [3.8, 4) is 0 Å². The zero-order valence-electron chi connectivity index (χ0n) is 14.5. The third kappa shape index (κ3) is 3.41. The van der Waals surface area contributed by atoms with E-state index in [1.54, 1.807) is 18.2 Å². The van der Waals surface area contributed by atoms with E-state index < -0.39 is 15.2 Å². The maximum absolute atomic E-state index is 13.0. The zero-order chi connectivity index (χ0) is 19.0. The number of aryl methyl sites for hydroxylation is 1. The highest BCUT2D eigenvalue weighted by Gasteiger charge is 2.38. The van der Waals surface area contributed by atoms with Gasteiger partial charge in [-0.05, 0) is 36.1 Å². The summed E-state index contributed by atoms with van der Waals surface area (Å²) in [7, 11) is -3.62. The Morgan fingerprint density at radius 2 is 2.19 bits per heavy atom. The summed E-state index contributed by atoms with van der Waals surface area (Å²) in [5.41, 5.74) is 2.03. The largest absolute Gasteiger partial charge is 0.309 e. The molecule has 3 heterocycles. The van der Waals surface area contributed by atoms with Crippen LogP contribution in [0.4, 0.5) is 5.82 Å². The number of hydrogen-bond acceptors (Lipinski definition) is 6. The second-order valence-electron chi connectivity index (χ2n) is 6.39. The molecule has 3 N–H and O–H groups in total. The van der Waals surface area contributed by atoms with Crippen molar-refractivity contribution < 1.29 is 13.2 Å². The number of carbonyl (C=O) groups excluding carboxylic acids is 1. The van der Waals surface area contributed by atoms with E-state index in [1.807, 2.05) is 30.5 Å². The smallest absolute Gasteiger partial charge is 0.230 e. The number of rotatable bonds is 5. The van der Waals surface area contributed by atoms with Crippen molar-refractivity contribution in [2.45, 2.75) is 30.2 Å². The maximum atomic E-state index is 13.0. The number of fused-ring (bicyclic) bond motifs is 1. The van der Waals surface area contributed by atoms with E-state index in [2.05, 4.69) is 20.8 Å². The number of nitrogens with zero attached hydrogens (tertiary/aromatic N) is 1. The van der Waals surface area contributed by atoms with E-state index in [0.29, 0.717) is 23.6 Å². The first-order valence-electron chi connectivity index (χ1n) is 8.38. The Bertz CT molecular complexity index is 1090. The Hall–Kier alpha value is -2.49. The number of thiophene rings is 1. The average Bonchev–Trinajstić information content (AvgIpc) is 3.34. The zero-order valence-corrected chi connectivity index (χ0v) is 16.2. The monoisotopic (exact) mass is 402 g/mol. The van der Waals surface area contributed by atoms with Gasteiger partial charge in [0.2, 0.25) is 5.91 Å². The van der Waals surface area contributed by atoms with Crippen molar-refractivity contribution >= 4 is 32.9 Å². The van der Waals surface area contributed by atoms with E-state index in [9.17, 15) is 13.2 Å². The summed E-state index contributed by atoms with van der Waals surface area (Å²) in [6, 6.07) is 10.6. The van der Waals surface area contributed by atoms with Crippen LogP contribution in [0.25, 0.3) is 0 Å². The molecule has 1 aromatic carbocycles. The highest BCUT2D eigenvalue weighted by atomic mass is 32.2. The predicted molar refractivity (Wildman–Crippen MR) is 103 cm³/mol. The van der Waals surface area contributed by atoms with Gasteiger partial charge in [-0.3, -0.25) is 15.2 Å². The summed E-state index contributed by atoms with van der Waals surface area (Å²) in [5, 5.41) is 13.7. The number of sulfone groups is 1. The number of aromatic amines is 1. The minimum Gasteiger partial charge on any atom is -0.309 e. The number of carbonyl (C=O) groups is 1. The summed E-state index contributed by atoms with van der Waals surface area (Å²) in [5.74, 6) is 0.192. The van der Waals surface area contributed by atoms with E-state index in [4.69, 9.17) is 0 Å². The summed E-state index contributed by atoms with van der Waals surface area (Å²) in [4.78, 5) is 13.4. The van der Waals surface area contributed by atoms with Crippen molar-refractivity contribution in [3.05, 3.63) is 63.5 Å². The van der Waals surface area contributed by atoms with Crippen LogP contribution in [-0.4, -0.2) is 24.5 Å². The Labute approximate surface area is 160 Å². The van der Waals surface area contributed by atoms with Crippen LogP contribution in [0.3, 0.4) is 0 Å². The lowest BCUT2D eigenvalue weighted by Gasteiger charge is -2.12. The average molecular weight is 403 g/mol. The van der Waals surface area contributed by atoms with Crippen LogP contribution in [0.1, 0.15) is 27.1 Å². The Morgan fingerprint density at radius 3 is 2.93 bits per heavy atom. The first-order valence-corrected chi connectivity index (χ1v) is 10.8. The highest BCUT2D eigenvalue weighted by molar-refractivity contribution is 7.91. The molecule has 0 spiro atoms. The minimum atomic E-state index is -3.62. The molecule has 27 heavy (non-hydrogen) atoms. The van der Waals surface area contributed by atoms with Gasteiger partial charge in [-0.15, -0.1) is 11.3 Å². The van der Waals surface area contributed by atoms with Gasteiger partial charge in [0.25, 0.3) is 0 Å². The number of anilines is 1. The van der Waals surface area contributed by atoms with Crippen LogP contribution in [-0.2, 0) is 27.6 Å². The van der Waals surface area contributed by atoms with Gasteiger partial charge in [0, 0.05) is 17.0 Å². The van der Waals surface area contributed by atoms with E-state index >= 15 is 0 Å². The molecule has 1 amide bonds. The summed E-state index contributed by atoms with van der Waals surface area (Å²) in [6.45, 7) is 2.17. The fourth-order valence-corrected chi connectivity index (χ4v) is 5.52. The number of amides is 1. The lowest BCUT2D eigenvalue weighted by molar-refractivity contribution is -0.115. The van der Waals surface area contributed by atoms with Gasteiger partial charge < -0.3 is 5.32 Å². The number of H-pyrrole nitrogens is 1. The van der Waals surface area contributed by atoms with E-state index in [1.165, 1.54) is 11.3 Å². The fraction of sp³-hybridized carbons (Fsp3) is 0.222. The van der Waals surface area contributed by atoms with Crippen molar-refractivity contribution in [3.63, 3.8) is 0 Å². The predicted octanol–water partition coefficient (Wildman–Crippen LogP) is 2.54. The molecule has 0 radical (unpaired) electrons. The fourth-order valence-electron chi connectivity index (χ4n) is 3.12. The van der Waals surface area contributed by atoms with E-state index in [0.717, 1.165) is 10.4 Å². The molecule has 0 aliphatic carbocycles.